The van der Waals surface area contributed by atoms with Crippen LogP contribution in [0.15, 0.2) is 17.0 Å². The molecule has 11 heteroatoms. The van der Waals surface area contributed by atoms with Crippen LogP contribution in [0, 0.1) is 2.88 Å². The molecule has 0 radical (unpaired) electrons. The first kappa shape index (κ1) is 16.0. The number of hydrogen-bond donors (Lipinski definition) is 1. The van der Waals surface area contributed by atoms with Gasteiger partial charge in [-0.1, -0.05) is 0 Å². The molecule has 0 saturated heterocycles. The predicted octanol–water partition coefficient (Wildman–Crippen LogP) is 4.28. The van der Waals surface area contributed by atoms with Gasteiger partial charge in [0.1, 0.15) is 5.52 Å². The topological polar surface area (TPSA) is 63.8 Å². The van der Waals surface area contributed by atoms with Gasteiger partial charge in [0.2, 0.25) is 0 Å². The third-order valence-corrected chi connectivity index (χ3v) is 5.42. The van der Waals surface area contributed by atoms with Crippen LogP contribution in [0.5, 0.6) is 0 Å². The number of rotatable bonds is 2. The van der Waals surface area contributed by atoms with Crippen molar-refractivity contribution in [2.24, 2.45) is 7.05 Å². The van der Waals surface area contributed by atoms with Gasteiger partial charge in [0.25, 0.3) is 0 Å². The lowest BCUT2D eigenvalue weighted by Crippen LogP contribution is -2.09. The second kappa shape index (κ2) is 5.62. The van der Waals surface area contributed by atoms with E-state index in [1.807, 2.05) is 0 Å². The van der Waals surface area contributed by atoms with E-state index in [1.54, 1.807) is 17.7 Å². The largest absolute Gasteiger partial charge is 0.435 e. The Bertz CT molecular complexity index is 861. The zero-order chi connectivity index (χ0) is 16.1. The maximum Gasteiger partial charge on any atom is 0.435 e. The van der Waals surface area contributed by atoms with Crippen LogP contribution in [0.4, 0.5) is 13.2 Å². The maximum absolute atomic E-state index is 12.7. The summed E-state index contributed by atoms with van der Waals surface area (Å²) >= 11 is 4.06. The minimum atomic E-state index is -4.57. The van der Waals surface area contributed by atoms with E-state index in [0.29, 0.717) is 27.6 Å². The lowest BCUT2D eigenvalue weighted by molar-refractivity contribution is -0.141. The third kappa shape index (κ3) is 2.70. The van der Waals surface area contributed by atoms with Crippen LogP contribution in [-0.2, 0) is 13.2 Å². The van der Waals surface area contributed by atoms with E-state index in [2.05, 4.69) is 37.8 Å². The van der Waals surface area contributed by atoms with Crippen molar-refractivity contribution >= 4 is 57.1 Å². The molecule has 0 aromatic carbocycles. The molecule has 1 N–H and O–H groups in total. The van der Waals surface area contributed by atoms with Gasteiger partial charge in [-0.15, -0.1) is 21.5 Å². The lowest BCUT2D eigenvalue weighted by atomic mass is 10.3. The zero-order valence-electron chi connectivity index (χ0n) is 10.7. The molecule has 0 amide bonds. The Kier molecular flexibility index (Phi) is 4.07. The highest BCUT2D eigenvalue weighted by Gasteiger charge is 2.34. The maximum atomic E-state index is 12.7. The highest BCUT2D eigenvalue weighted by atomic mass is 127. The molecule has 3 rings (SSSR count). The summed E-state index contributed by atoms with van der Waals surface area (Å²) in [6, 6.07) is 2.65. The van der Waals surface area contributed by atoms with Crippen molar-refractivity contribution in [3.63, 3.8) is 0 Å². The Morgan fingerprint density at radius 1 is 1.32 bits per heavy atom. The summed E-state index contributed by atoms with van der Waals surface area (Å²) in [6.07, 6.45) is -4.57. The van der Waals surface area contributed by atoms with E-state index >= 15 is 0 Å². The number of aromatic nitrogens is 4. The number of nitrogens with zero attached hydrogens (tertiary/aromatic N) is 4. The van der Waals surface area contributed by atoms with Gasteiger partial charge in [-0.25, -0.2) is 4.98 Å². The summed E-state index contributed by atoms with van der Waals surface area (Å²) in [4.78, 5) is 5.49. The highest BCUT2D eigenvalue weighted by molar-refractivity contribution is 14.1. The monoisotopic (exact) mass is 458 g/mol. The molecule has 0 saturated carbocycles. The zero-order valence-corrected chi connectivity index (χ0v) is 14.5. The molecule has 3 aromatic heterocycles. The van der Waals surface area contributed by atoms with E-state index in [9.17, 15) is 17.7 Å². The molecule has 3 aromatic rings. The van der Waals surface area contributed by atoms with Crippen LogP contribution in [0.2, 0.25) is 0 Å². The normalized spacial score (nSPS) is 12.3. The third-order valence-electron chi connectivity index (χ3n) is 2.88. The Morgan fingerprint density at radius 3 is 2.68 bits per heavy atom. The number of hydrogen-bond acceptors (Lipinski definition) is 6. The summed E-state index contributed by atoms with van der Waals surface area (Å²) < 4.78 is 49.9. The van der Waals surface area contributed by atoms with Crippen molar-refractivity contribution in [1.29, 1.82) is 0 Å². The first-order valence-electron chi connectivity index (χ1n) is 5.69. The van der Waals surface area contributed by atoms with Crippen molar-refractivity contribution in [3.05, 3.63) is 20.7 Å². The van der Waals surface area contributed by atoms with Crippen molar-refractivity contribution < 1.29 is 17.7 Å². The molecular formula is C11H6F3IN4OS2. The smallest absolute Gasteiger partial charge is 0.325 e. The molecule has 0 fully saturated rings. The standard InChI is InChI=1S/C11H6F3IN4OS2/c1-19-9-4(2-6(17-18-9)11(12,13)14)16-10(19)8-5(22-20)3-7(15)21-8/h2-3,20H,1H3. The van der Waals surface area contributed by atoms with E-state index in [0.717, 1.165) is 8.95 Å². The van der Waals surface area contributed by atoms with Gasteiger partial charge >= 0.3 is 6.18 Å². The number of imidazole rings is 1. The van der Waals surface area contributed by atoms with Crippen LogP contribution in [0.1, 0.15) is 5.69 Å². The summed E-state index contributed by atoms with van der Waals surface area (Å²) in [6.45, 7) is 0. The minimum absolute atomic E-state index is 0.108. The Hall–Kier alpha value is -0.920. The van der Waals surface area contributed by atoms with Gasteiger partial charge in [0.15, 0.2) is 17.2 Å². The quantitative estimate of drug-likeness (QED) is 0.459. The highest BCUT2D eigenvalue weighted by Crippen LogP contribution is 2.39. The van der Waals surface area contributed by atoms with Crippen LogP contribution < -0.4 is 0 Å². The molecule has 0 unspecified atom stereocenters. The van der Waals surface area contributed by atoms with Crippen molar-refractivity contribution in [2.45, 2.75) is 11.1 Å². The molecule has 5 nitrogen and oxygen atoms in total. The first-order valence-corrected chi connectivity index (χ1v) is 8.36. The Morgan fingerprint density at radius 2 is 2.05 bits per heavy atom. The molecule has 22 heavy (non-hydrogen) atoms. The van der Waals surface area contributed by atoms with Crippen LogP contribution >= 0.6 is 46.0 Å². The Balaban J connectivity index is 2.21. The van der Waals surface area contributed by atoms with E-state index < -0.39 is 11.9 Å². The van der Waals surface area contributed by atoms with Crippen LogP contribution in [-0.4, -0.2) is 24.3 Å². The van der Waals surface area contributed by atoms with E-state index in [4.69, 9.17) is 0 Å². The minimum Gasteiger partial charge on any atom is -0.325 e. The van der Waals surface area contributed by atoms with Gasteiger partial charge in [-0.05, 0) is 28.7 Å². The molecule has 116 valence electrons. The average molecular weight is 458 g/mol. The lowest BCUT2D eigenvalue weighted by Gasteiger charge is -2.03. The molecule has 0 spiro atoms. The fraction of sp³-hybridized carbons (Fsp3) is 0.182. The fourth-order valence-electron chi connectivity index (χ4n) is 1.90. The molecule has 0 aliphatic rings. The average Bonchev–Trinajstić information content (AvgIpc) is 2.98. The Labute approximate surface area is 143 Å². The number of thiophene rings is 1. The molecular weight excluding hydrogens is 452 g/mol. The molecule has 0 aliphatic carbocycles. The van der Waals surface area contributed by atoms with Crippen LogP contribution in [0.25, 0.3) is 21.9 Å². The van der Waals surface area contributed by atoms with Crippen molar-refractivity contribution in [2.75, 3.05) is 0 Å². The SMILES string of the molecule is Cn1c(-c2sc(I)cc2SO)nc2cc(C(F)(F)F)nnc21. The van der Waals surface area contributed by atoms with Gasteiger partial charge in [0.05, 0.1) is 12.7 Å². The molecule has 0 aliphatic heterocycles. The molecule has 3 heterocycles. The number of halogens is 4. The second-order valence-corrected chi connectivity index (χ2v) is 7.83. The van der Waals surface area contributed by atoms with Gasteiger partial charge in [-0.3, -0.25) is 0 Å². The van der Waals surface area contributed by atoms with Gasteiger partial charge < -0.3 is 9.12 Å². The van der Waals surface area contributed by atoms with E-state index in [-0.39, 0.29) is 11.2 Å². The van der Waals surface area contributed by atoms with Crippen LogP contribution in [0.3, 0.4) is 0 Å². The number of fused-ring (bicyclic) bond motifs is 1. The summed E-state index contributed by atoms with van der Waals surface area (Å²) in [5, 5.41) is 6.82. The number of aryl methyl sites for hydroxylation is 1. The summed E-state index contributed by atoms with van der Waals surface area (Å²) in [5.74, 6) is 0.438. The molecule has 0 atom stereocenters. The fourth-order valence-corrected chi connectivity index (χ4v) is 4.54. The summed E-state index contributed by atoms with van der Waals surface area (Å²) in [5.41, 5.74) is -0.723. The number of alkyl halides is 3. The van der Waals surface area contributed by atoms with Crippen molar-refractivity contribution in [1.82, 2.24) is 19.7 Å². The van der Waals surface area contributed by atoms with E-state index in [1.165, 1.54) is 11.3 Å². The first-order chi connectivity index (χ1) is 10.3. The predicted molar refractivity (Wildman–Crippen MR) is 85.8 cm³/mol. The summed E-state index contributed by atoms with van der Waals surface area (Å²) in [7, 11) is 1.64. The second-order valence-electron chi connectivity index (χ2n) is 4.27. The molecule has 0 bridgehead atoms. The van der Waals surface area contributed by atoms with Gasteiger partial charge in [-0.2, -0.15) is 13.2 Å². The van der Waals surface area contributed by atoms with Crippen molar-refractivity contribution in [3.8, 4) is 10.7 Å². The van der Waals surface area contributed by atoms with Gasteiger partial charge in [0, 0.05) is 25.2 Å².